The molecule has 0 aliphatic rings. The van der Waals surface area contributed by atoms with Crippen molar-refractivity contribution in [1.29, 1.82) is 0 Å². The lowest BCUT2D eigenvalue weighted by Gasteiger charge is -2.25. The van der Waals surface area contributed by atoms with E-state index in [1.165, 1.54) is 0 Å². The first kappa shape index (κ1) is 18.7. The molecule has 2 aromatic carbocycles. The highest BCUT2D eigenvalue weighted by Crippen LogP contribution is 2.22. The van der Waals surface area contributed by atoms with Crippen molar-refractivity contribution in [1.82, 2.24) is 20.0 Å². The Morgan fingerprint density at radius 2 is 1.96 bits per heavy atom. The number of amides is 1. The lowest BCUT2D eigenvalue weighted by Crippen LogP contribution is -2.34. The van der Waals surface area contributed by atoms with Gasteiger partial charge < -0.3 is 15.0 Å². The van der Waals surface area contributed by atoms with Gasteiger partial charge in [0, 0.05) is 12.7 Å². The van der Waals surface area contributed by atoms with Gasteiger partial charge in [0.1, 0.15) is 5.75 Å². The molecule has 3 rings (SSSR count). The van der Waals surface area contributed by atoms with Gasteiger partial charge in [0.05, 0.1) is 30.6 Å². The molecular formula is C21H24N4O2. The molecular weight excluding hydrogens is 340 g/mol. The zero-order chi connectivity index (χ0) is 19.2. The largest absolute Gasteiger partial charge is 0.497 e. The third-order valence-electron chi connectivity index (χ3n) is 4.42. The number of likely N-dealkylation sites (N-methyl/N-ethyl adjacent to an activating group) is 1. The van der Waals surface area contributed by atoms with Crippen molar-refractivity contribution >= 4 is 5.91 Å². The van der Waals surface area contributed by atoms with E-state index in [9.17, 15) is 4.79 Å². The Labute approximate surface area is 159 Å². The molecule has 6 nitrogen and oxygen atoms in total. The zero-order valence-corrected chi connectivity index (χ0v) is 15.8. The van der Waals surface area contributed by atoms with Gasteiger partial charge in [-0.05, 0) is 43.9 Å². The molecule has 1 atom stereocenters. The van der Waals surface area contributed by atoms with Gasteiger partial charge in [0.2, 0.25) is 0 Å². The first-order chi connectivity index (χ1) is 13.1. The number of carbonyl (C=O) groups is 1. The summed E-state index contributed by atoms with van der Waals surface area (Å²) in [6, 6.07) is 17.6. The molecule has 1 amide bonds. The van der Waals surface area contributed by atoms with Crippen molar-refractivity contribution in [3.8, 4) is 11.4 Å². The second kappa shape index (κ2) is 8.51. The van der Waals surface area contributed by atoms with Crippen molar-refractivity contribution in [3.63, 3.8) is 0 Å². The van der Waals surface area contributed by atoms with Gasteiger partial charge in [-0.25, -0.2) is 4.68 Å². The van der Waals surface area contributed by atoms with Gasteiger partial charge in [-0.15, -0.1) is 0 Å². The van der Waals surface area contributed by atoms with Crippen LogP contribution in [0.3, 0.4) is 0 Å². The molecule has 0 fully saturated rings. The summed E-state index contributed by atoms with van der Waals surface area (Å²) in [5, 5.41) is 7.29. The summed E-state index contributed by atoms with van der Waals surface area (Å²) >= 11 is 0. The predicted molar refractivity (Wildman–Crippen MR) is 105 cm³/mol. The van der Waals surface area contributed by atoms with Crippen LogP contribution in [0.5, 0.6) is 5.75 Å². The molecule has 0 spiro atoms. The summed E-state index contributed by atoms with van der Waals surface area (Å²) in [5.41, 5.74) is 2.53. The summed E-state index contributed by atoms with van der Waals surface area (Å²) in [6.45, 7) is 0.482. The Balaban J connectivity index is 1.69. The van der Waals surface area contributed by atoms with Gasteiger partial charge in [0.15, 0.2) is 0 Å². The van der Waals surface area contributed by atoms with E-state index in [0.29, 0.717) is 12.1 Å². The summed E-state index contributed by atoms with van der Waals surface area (Å²) < 4.78 is 7.00. The van der Waals surface area contributed by atoms with E-state index in [0.717, 1.165) is 17.0 Å². The maximum atomic E-state index is 12.6. The van der Waals surface area contributed by atoms with Gasteiger partial charge in [0.25, 0.3) is 5.91 Å². The molecule has 0 saturated carbocycles. The van der Waals surface area contributed by atoms with Crippen molar-refractivity contribution < 1.29 is 9.53 Å². The Morgan fingerprint density at radius 3 is 2.67 bits per heavy atom. The summed E-state index contributed by atoms with van der Waals surface area (Å²) in [5.74, 6) is 0.654. The average molecular weight is 364 g/mol. The van der Waals surface area contributed by atoms with E-state index in [-0.39, 0.29) is 11.9 Å². The first-order valence-corrected chi connectivity index (χ1v) is 8.77. The van der Waals surface area contributed by atoms with Gasteiger partial charge in [-0.3, -0.25) is 4.79 Å². The number of nitrogens with zero attached hydrogens (tertiary/aromatic N) is 3. The van der Waals surface area contributed by atoms with Gasteiger partial charge >= 0.3 is 0 Å². The van der Waals surface area contributed by atoms with Crippen molar-refractivity contribution in [2.75, 3.05) is 27.7 Å². The molecule has 1 unspecified atom stereocenters. The van der Waals surface area contributed by atoms with Gasteiger partial charge in [-0.2, -0.15) is 5.10 Å². The standard InChI is InChI=1S/C21H24N4O2/c1-24(2)20(16-8-7-11-19(12-16)27-3)14-22-21(26)17-13-23-25(15-17)18-9-5-4-6-10-18/h4-13,15,20H,14H2,1-3H3,(H,22,26). The Bertz CT molecular complexity index is 890. The van der Waals surface area contributed by atoms with Crippen molar-refractivity contribution in [2.24, 2.45) is 0 Å². The minimum Gasteiger partial charge on any atom is -0.497 e. The average Bonchev–Trinajstić information content (AvgIpc) is 3.19. The number of aromatic nitrogens is 2. The van der Waals surface area contributed by atoms with Crippen LogP contribution in [0, 0.1) is 0 Å². The monoisotopic (exact) mass is 364 g/mol. The van der Waals surface area contributed by atoms with Crippen LogP contribution >= 0.6 is 0 Å². The van der Waals surface area contributed by atoms with Crippen LogP contribution < -0.4 is 10.1 Å². The molecule has 140 valence electrons. The highest BCUT2D eigenvalue weighted by Gasteiger charge is 2.17. The zero-order valence-electron chi connectivity index (χ0n) is 15.8. The van der Waals surface area contributed by atoms with Gasteiger partial charge in [-0.1, -0.05) is 30.3 Å². The fourth-order valence-corrected chi connectivity index (χ4v) is 2.90. The van der Waals surface area contributed by atoms with E-state index in [1.807, 2.05) is 68.7 Å². The highest BCUT2D eigenvalue weighted by molar-refractivity contribution is 5.93. The molecule has 0 bridgehead atoms. The minimum absolute atomic E-state index is 0.0354. The molecule has 0 aliphatic carbocycles. The number of para-hydroxylation sites is 1. The van der Waals surface area contributed by atoms with Crippen LogP contribution in [-0.2, 0) is 0 Å². The molecule has 0 radical (unpaired) electrons. The fourth-order valence-electron chi connectivity index (χ4n) is 2.90. The maximum absolute atomic E-state index is 12.6. The van der Waals surface area contributed by atoms with Crippen molar-refractivity contribution in [3.05, 3.63) is 78.1 Å². The normalized spacial score (nSPS) is 12.0. The molecule has 6 heteroatoms. The molecule has 3 aromatic rings. The second-order valence-electron chi connectivity index (χ2n) is 6.48. The minimum atomic E-state index is -0.146. The van der Waals surface area contributed by atoms with E-state index < -0.39 is 0 Å². The lowest BCUT2D eigenvalue weighted by atomic mass is 10.1. The Kier molecular flexibility index (Phi) is 5.88. The summed E-state index contributed by atoms with van der Waals surface area (Å²) in [6.07, 6.45) is 3.32. The van der Waals surface area contributed by atoms with E-state index in [1.54, 1.807) is 24.2 Å². The molecule has 1 heterocycles. The van der Waals surface area contributed by atoms with Crippen LogP contribution in [-0.4, -0.2) is 48.3 Å². The SMILES string of the molecule is COc1cccc(C(CNC(=O)c2cnn(-c3ccccc3)c2)N(C)C)c1. The number of hydrogen-bond donors (Lipinski definition) is 1. The Hall–Kier alpha value is -3.12. The van der Waals surface area contributed by atoms with E-state index in [4.69, 9.17) is 4.74 Å². The number of nitrogens with one attached hydrogen (secondary N) is 1. The lowest BCUT2D eigenvalue weighted by molar-refractivity contribution is 0.0942. The molecule has 27 heavy (non-hydrogen) atoms. The van der Waals surface area contributed by atoms with Crippen molar-refractivity contribution in [2.45, 2.75) is 6.04 Å². The van der Waals surface area contributed by atoms with Crippen LogP contribution in [0.2, 0.25) is 0 Å². The number of benzene rings is 2. The molecule has 1 aromatic heterocycles. The smallest absolute Gasteiger partial charge is 0.254 e. The van der Waals surface area contributed by atoms with Crippen LogP contribution in [0.4, 0.5) is 0 Å². The number of hydrogen-bond acceptors (Lipinski definition) is 4. The molecule has 0 aliphatic heterocycles. The number of methoxy groups -OCH3 is 1. The maximum Gasteiger partial charge on any atom is 0.254 e. The summed E-state index contributed by atoms with van der Waals surface area (Å²) in [7, 11) is 5.63. The molecule has 1 N–H and O–H groups in total. The quantitative estimate of drug-likeness (QED) is 0.700. The third-order valence-corrected chi connectivity index (χ3v) is 4.42. The number of ether oxygens (including phenoxy) is 1. The van der Waals surface area contributed by atoms with Crippen LogP contribution in [0.15, 0.2) is 67.0 Å². The Morgan fingerprint density at radius 1 is 1.19 bits per heavy atom. The van der Waals surface area contributed by atoms with Crippen LogP contribution in [0.25, 0.3) is 5.69 Å². The summed E-state index contributed by atoms with van der Waals surface area (Å²) in [4.78, 5) is 14.6. The van der Waals surface area contributed by atoms with Crippen LogP contribution in [0.1, 0.15) is 22.0 Å². The number of rotatable bonds is 7. The molecule has 0 saturated heterocycles. The third kappa shape index (κ3) is 4.54. The number of carbonyl (C=O) groups excluding carboxylic acids is 1. The van der Waals surface area contributed by atoms with E-state index in [2.05, 4.69) is 15.3 Å². The van der Waals surface area contributed by atoms with E-state index >= 15 is 0 Å². The highest BCUT2D eigenvalue weighted by atomic mass is 16.5. The fraction of sp³-hybridized carbons (Fsp3) is 0.238. The first-order valence-electron chi connectivity index (χ1n) is 8.77. The second-order valence-corrected chi connectivity index (χ2v) is 6.48. The topological polar surface area (TPSA) is 59.4 Å². The predicted octanol–water partition coefficient (Wildman–Crippen LogP) is 2.91.